The van der Waals surface area contributed by atoms with E-state index in [0.29, 0.717) is 5.88 Å². The van der Waals surface area contributed by atoms with Crippen molar-refractivity contribution in [3.8, 4) is 0 Å². The molecular formula is C15H14ClN3S. The SMILES string of the molecule is Cc1csc2c(Nc3ccc(CCCl)cc3)ncnc12. The van der Waals surface area contributed by atoms with Crippen LogP contribution in [0, 0.1) is 6.92 Å². The number of thiophene rings is 1. The van der Waals surface area contributed by atoms with E-state index in [-0.39, 0.29) is 0 Å². The standard InChI is InChI=1S/C15H14ClN3S/c1-10-8-20-14-13(10)17-9-18-15(14)19-12-4-2-11(3-5-12)6-7-16/h2-5,8-9H,6-7H2,1H3,(H,17,18,19). The van der Waals surface area contributed by atoms with Gasteiger partial charge in [0.1, 0.15) is 6.33 Å². The topological polar surface area (TPSA) is 37.8 Å². The molecule has 0 atom stereocenters. The Balaban J connectivity index is 1.89. The molecule has 1 aromatic carbocycles. The minimum atomic E-state index is 0.647. The van der Waals surface area contributed by atoms with E-state index < -0.39 is 0 Å². The predicted molar refractivity (Wildman–Crippen MR) is 86.3 cm³/mol. The Labute approximate surface area is 126 Å². The molecule has 102 valence electrons. The lowest BCUT2D eigenvalue weighted by atomic mass is 10.1. The lowest BCUT2D eigenvalue weighted by Crippen LogP contribution is -1.95. The highest BCUT2D eigenvalue weighted by Gasteiger charge is 2.08. The third-order valence-corrected chi connectivity index (χ3v) is 4.41. The number of fused-ring (bicyclic) bond motifs is 1. The van der Waals surface area contributed by atoms with Gasteiger partial charge in [-0.05, 0) is 42.0 Å². The number of anilines is 2. The molecule has 1 N–H and O–H groups in total. The second-order valence-electron chi connectivity index (χ2n) is 4.58. The molecule has 0 aliphatic carbocycles. The van der Waals surface area contributed by atoms with E-state index in [0.717, 1.165) is 28.1 Å². The highest BCUT2D eigenvalue weighted by Crippen LogP contribution is 2.30. The molecule has 0 aliphatic heterocycles. The maximum atomic E-state index is 5.74. The molecule has 0 spiro atoms. The van der Waals surface area contributed by atoms with Gasteiger partial charge in [-0.3, -0.25) is 0 Å². The molecule has 0 saturated carbocycles. The van der Waals surface area contributed by atoms with Crippen LogP contribution in [0.2, 0.25) is 0 Å². The first kappa shape index (κ1) is 13.3. The first-order chi connectivity index (χ1) is 9.78. The molecule has 0 aliphatic rings. The highest BCUT2D eigenvalue weighted by molar-refractivity contribution is 7.18. The Hall–Kier alpha value is -1.65. The normalized spacial score (nSPS) is 10.9. The van der Waals surface area contributed by atoms with Crippen molar-refractivity contribution in [1.82, 2.24) is 9.97 Å². The van der Waals surface area contributed by atoms with E-state index in [1.54, 1.807) is 17.7 Å². The van der Waals surface area contributed by atoms with Crippen LogP contribution < -0.4 is 5.32 Å². The molecule has 2 aromatic heterocycles. The smallest absolute Gasteiger partial charge is 0.151 e. The van der Waals surface area contributed by atoms with Gasteiger partial charge in [-0.2, -0.15) is 0 Å². The van der Waals surface area contributed by atoms with E-state index in [1.807, 2.05) is 0 Å². The lowest BCUT2D eigenvalue weighted by Gasteiger charge is -2.07. The molecule has 3 rings (SSSR count). The summed E-state index contributed by atoms with van der Waals surface area (Å²) in [5.41, 5.74) is 4.47. The third kappa shape index (κ3) is 2.62. The zero-order valence-corrected chi connectivity index (χ0v) is 12.6. The van der Waals surface area contributed by atoms with Gasteiger partial charge in [0.25, 0.3) is 0 Å². The fourth-order valence-corrected chi connectivity index (χ4v) is 3.22. The Morgan fingerprint density at radius 1 is 1.20 bits per heavy atom. The summed E-state index contributed by atoms with van der Waals surface area (Å²) < 4.78 is 1.09. The molecule has 0 saturated heterocycles. The van der Waals surface area contributed by atoms with Gasteiger partial charge in [-0.15, -0.1) is 22.9 Å². The molecule has 0 unspecified atom stereocenters. The second-order valence-corrected chi connectivity index (χ2v) is 5.84. The first-order valence-electron chi connectivity index (χ1n) is 6.38. The fraction of sp³-hybridized carbons (Fsp3) is 0.200. The number of rotatable bonds is 4. The zero-order chi connectivity index (χ0) is 13.9. The minimum absolute atomic E-state index is 0.647. The molecule has 0 amide bonds. The summed E-state index contributed by atoms with van der Waals surface area (Å²) in [7, 11) is 0. The van der Waals surface area contributed by atoms with Crippen LogP contribution in [-0.4, -0.2) is 15.8 Å². The van der Waals surface area contributed by atoms with Gasteiger partial charge in [0.15, 0.2) is 5.82 Å². The van der Waals surface area contributed by atoms with Crippen molar-refractivity contribution in [2.24, 2.45) is 0 Å². The third-order valence-electron chi connectivity index (χ3n) is 3.13. The Bertz CT molecular complexity index is 722. The van der Waals surface area contributed by atoms with E-state index in [1.165, 1.54) is 11.1 Å². The van der Waals surface area contributed by atoms with E-state index in [2.05, 4.69) is 51.9 Å². The van der Waals surface area contributed by atoms with Crippen LogP contribution in [0.15, 0.2) is 36.0 Å². The molecule has 0 bridgehead atoms. The van der Waals surface area contributed by atoms with Gasteiger partial charge in [0, 0.05) is 11.6 Å². The highest BCUT2D eigenvalue weighted by atomic mass is 35.5. The summed E-state index contributed by atoms with van der Waals surface area (Å²) >= 11 is 7.41. The van der Waals surface area contributed by atoms with Gasteiger partial charge >= 0.3 is 0 Å². The van der Waals surface area contributed by atoms with Gasteiger partial charge < -0.3 is 5.32 Å². The van der Waals surface area contributed by atoms with Crippen molar-refractivity contribution in [3.63, 3.8) is 0 Å². The van der Waals surface area contributed by atoms with Gasteiger partial charge in [0.2, 0.25) is 0 Å². The lowest BCUT2D eigenvalue weighted by molar-refractivity contribution is 1.15. The predicted octanol–water partition coefficient (Wildman–Crippen LogP) is 4.52. The summed E-state index contributed by atoms with van der Waals surface area (Å²) in [6.45, 7) is 2.07. The van der Waals surface area contributed by atoms with Crippen LogP contribution in [0.1, 0.15) is 11.1 Å². The number of halogens is 1. The number of aromatic nitrogens is 2. The van der Waals surface area contributed by atoms with Crippen molar-refractivity contribution in [2.45, 2.75) is 13.3 Å². The quantitative estimate of drug-likeness (QED) is 0.720. The molecule has 0 fully saturated rings. The van der Waals surface area contributed by atoms with Gasteiger partial charge in [0.05, 0.1) is 10.2 Å². The van der Waals surface area contributed by atoms with Gasteiger partial charge in [-0.1, -0.05) is 12.1 Å². The summed E-state index contributed by atoms with van der Waals surface area (Å²) in [5, 5.41) is 5.46. The summed E-state index contributed by atoms with van der Waals surface area (Å²) in [6, 6.07) is 8.28. The molecular weight excluding hydrogens is 290 g/mol. The Kier molecular flexibility index (Phi) is 3.85. The van der Waals surface area contributed by atoms with Crippen LogP contribution in [0.3, 0.4) is 0 Å². The van der Waals surface area contributed by atoms with Crippen molar-refractivity contribution < 1.29 is 0 Å². The van der Waals surface area contributed by atoms with Crippen LogP contribution in [0.4, 0.5) is 11.5 Å². The maximum Gasteiger partial charge on any atom is 0.151 e. The Morgan fingerprint density at radius 3 is 2.75 bits per heavy atom. The van der Waals surface area contributed by atoms with Crippen LogP contribution in [0.5, 0.6) is 0 Å². The molecule has 2 heterocycles. The minimum Gasteiger partial charge on any atom is -0.339 e. The zero-order valence-electron chi connectivity index (χ0n) is 11.1. The van der Waals surface area contributed by atoms with Crippen molar-refractivity contribution in [3.05, 3.63) is 47.1 Å². The largest absolute Gasteiger partial charge is 0.339 e. The number of hydrogen-bond donors (Lipinski definition) is 1. The number of aryl methyl sites for hydroxylation is 2. The van der Waals surface area contributed by atoms with Crippen LogP contribution in [0.25, 0.3) is 10.2 Å². The molecule has 3 nitrogen and oxygen atoms in total. The van der Waals surface area contributed by atoms with Gasteiger partial charge in [-0.25, -0.2) is 9.97 Å². The monoisotopic (exact) mass is 303 g/mol. The molecule has 3 aromatic rings. The average molecular weight is 304 g/mol. The van der Waals surface area contributed by atoms with Crippen molar-refractivity contribution >= 4 is 44.7 Å². The number of nitrogens with one attached hydrogen (secondary N) is 1. The number of nitrogens with zero attached hydrogens (tertiary/aromatic N) is 2. The van der Waals surface area contributed by atoms with E-state index in [9.17, 15) is 0 Å². The first-order valence-corrected chi connectivity index (χ1v) is 7.80. The molecule has 20 heavy (non-hydrogen) atoms. The van der Waals surface area contributed by atoms with E-state index in [4.69, 9.17) is 11.6 Å². The summed E-state index contributed by atoms with van der Waals surface area (Å²) in [6.07, 6.45) is 2.50. The van der Waals surface area contributed by atoms with Crippen LogP contribution >= 0.6 is 22.9 Å². The second kappa shape index (κ2) is 5.77. The van der Waals surface area contributed by atoms with E-state index >= 15 is 0 Å². The maximum absolute atomic E-state index is 5.74. The summed E-state index contributed by atoms with van der Waals surface area (Å²) in [5.74, 6) is 1.51. The van der Waals surface area contributed by atoms with Crippen molar-refractivity contribution in [1.29, 1.82) is 0 Å². The summed E-state index contributed by atoms with van der Waals surface area (Å²) in [4.78, 5) is 8.67. The Morgan fingerprint density at radius 2 is 2.00 bits per heavy atom. The average Bonchev–Trinajstić information content (AvgIpc) is 2.84. The number of alkyl halides is 1. The van der Waals surface area contributed by atoms with Crippen LogP contribution in [-0.2, 0) is 6.42 Å². The molecule has 5 heteroatoms. The number of hydrogen-bond acceptors (Lipinski definition) is 4. The fourth-order valence-electron chi connectivity index (χ4n) is 2.06. The van der Waals surface area contributed by atoms with Crippen molar-refractivity contribution in [2.75, 3.05) is 11.2 Å². The number of benzene rings is 1. The molecule has 0 radical (unpaired) electrons.